The summed E-state index contributed by atoms with van der Waals surface area (Å²) in [6.07, 6.45) is 1.73. The number of pyridine rings is 1. The first kappa shape index (κ1) is 37.7. The molecule has 0 saturated carbocycles. The molecule has 0 radical (unpaired) electrons. The van der Waals surface area contributed by atoms with Crippen molar-refractivity contribution in [2.24, 2.45) is 0 Å². The largest absolute Gasteiger partial charge is 0.507 e. The standard InChI is InChI=1S/C62H60N3O.Pt/c1-37(2)47-34-54(40(7)8)61(66)55(35-47)62-64-60-53(20-15-21-58(60)65(62)57-27-26-46(30-42(57)10)59-51(38(3)4)18-14-19-52(59)39(5)6)49-31-48(43-16-12-11-13-17-43)32-50(33-49)56-36-45(28-29-63-56)44-24-22-41(9)23-25-44;/h11-32,34-40,66H,1-10H3;/q-1;/i9D3,10D3,38D,39D;. The molecule has 0 unspecified atom stereocenters. The van der Waals surface area contributed by atoms with Crippen molar-refractivity contribution in [3.63, 3.8) is 0 Å². The van der Waals surface area contributed by atoms with Gasteiger partial charge in [-0.3, -0.25) is 9.55 Å². The van der Waals surface area contributed by atoms with Gasteiger partial charge >= 0.3 is 0 Å². The van der Waals surface area contributed by atoms with Gasteiger partial charge in [0, 0.05) is 43.9 Å². The van der Waals surface area contributed by atoms with E-state index in [9.17, 15) is 7.85 Å². The molecule has 2 aromatic heterocycles. The number of hydrogen-bond donors (Lipinski definition) is 1. The molecular weight excluding hydrogens is 998 g/mol. The van der Waals surface area contributed by atoms with Gasteiger partial charge in [0.05, 0.1) is 22.3 Å². The number of para-hydroxylation sites is 1. The molecule has 0 bridgehead atoms. The monoisotopic (exact) mass is 1070 g/mol. The summed E-state index contributed by atoms with van der Waals surface area (Å²) < 4.78 is 71.3. The summed E-state index contributed by atoms with van der Waals surface area (Å²) in [7, 11) is 0. The molecule has 0 atom stereocenters. The average molecular weight is 1070 g/mol. The van der Waals surface area contributed by atoms with Gasteiger partial charge in [0.2, 0.25) is 0 Å². The first-order valence-electron chi connectivity index (χ1n) is 26.7. The van der Waals surface area contributed by atoms with Crippen LogP contribution in [0.25, 0.3) is 83.9 Å². The molecule has 1 N–H and O–H groups in total. The molecule has 9 aromatic rings. The summed E-state index contributed by atoms with van der Waals surface area (Å²) in [5.41, 5.74) is 12.9. The van der Waals surface area contributed by atoms with Gasteiger partial charge < -0.3 is 5.11 Å². The minimum atomic E-state index is -2.66. The van der Waals surface area contributed by atoms with Crippen LogP contribution in [0, 0.1) is 19.8 Å². The van der Waals surface area contributed by atoms with Crippen molar-refractivity contribution < 1.29 is 37.1 Å². The van der Waals surface area contributed by atoms with E-state index in [4.69, 9.17) is 18.2 Å². The Kier molecular flexibility index (Phi) is 11.0. The van der Waals surface area contributed by atoms with Crippen molar-refractivity contribution in [1.82, 2.24) is 14.5 Å². The molecule has 0 spiro atoms. The fourth-order valence-corrected chi connectivity index (χ4v) is 9.02. The third-order valence-electron chi connectivity index (χ3n) is 12.6. The van der Waals surface area contributed by atoms with Gasteiger partial charge in [-0.1, -0.05) is 181 Å². The van der Waals surface area contributed by atoms with Crippen molar-refractivity contribution >= 4 is 11.0 Å². The minimum absolute atomic E-state index is 0. The van der Waals surface area contributed by atoms with E-state index in [1.54, 1.807) is 58.2 Å². The maximum atomic E-state index is 12.4. The van der Waals surface area contributed by atoms with Gasteiger partial charge in [0.15, 0.2) is 0 Å². The average Bonchev–Trinajstić information content (AvgIpc) is 3.74. The third-order valence-corrected chi connectivity index (χ3v) is 12.6. The van der Waals surface area contributed by atoms with E-state index in [0.29, 0.717) is 72.7 Å². The number of rotatable bonds is 11. The Hall–Kier alpha value is -6.35. The van der Waals surface area contributed by atoms with Crippen LogP contribution >= 0.6 is 0 Å². The van der Waals surface area contributed by atoms with Crippen molar-refractivity contribution in [2.45, 2.75) is 92.7 Å². The zero-order valence-corrected chi connectivity index (χ0v) is 41.5. The van der Waals surface area contributed by atoms with Crippen molar-refractivity contribution in [2.75, 3.05) is 0 Å². The topological polar surface area (TPSA) is 50.9 Å². The summed E-state index contributed by atoms with van der Waals surface area (Å²) in [6.45, 7) is 10.6. The molecule has 0 aliphatic rings. The zero-order valence-electron chi connectivity index (χ0n) is 47.2. The van der Waals surface area contributed by atoms with Crippen LogP contribution < -0.4 is 0 Å². The molecule has 7 aromatic carbocycles. The molecule has 5 heteroatoms. The first-order chi connectivity index (χ1) is 34.8. The Morgan fingerprint density at radius 3 is 1.94 bits per heavy atom. The molecule has 340 valence electrons. The maximum absolute atomic E-state index is 12.4. The smallest absolute Gasteiger partial charge is 0.148 e. The predicted molar refractivity (Wildman–Crippen MR) is 278 cm³/mol. The van der Waals surface area contributed by atoms with Gasteiger partial charge in [-0.15, -0.1) is 23.8 Å². The van der Waals surface area contributed by atoms with E-state index in [2.05, 4.69) is 26.0 Å². The van der Waals surface area contributed by atoms with Crippen LogP contribution in [0.3, 0.4) is 0 Å². The van der Waals surface area contributed by atoms with Crippen LogP contribution in [0.15, 0.2) is 152 Å². The number of benzene rings is 7. The molecule has 0 aliphatic heterocycles. The van der Waals surface area contributed by atoms with Crippen LogP contribution in [0.4, 0.5) is 0 Å². The molecule has 0 fully saturated rings. The van der Waals surface area contributed by atoms with Gasteiger partial charge in [0.1, 0.15) is 11.6 Å². The second-order valence-electron chi connectivity index (χ2n) is 18.3. The second kappa shape index (κ2) is 19.5. The van der Waals surface area contributed by atoms with E-state index >= 15 is 0 Å². The number of aromatic hydroxyl groups is 1. The van der Waals surface area contributed by atoms with Crippen LogP contribution in [0.5, 0.6) is 5.75 Å². The molecule has 4 nitrogen and oxygen atoms in total. The molecule has 67 heavy (non-hydrogen) atoms. The second-order valence-corrected chi connectivity index (χ2v) is 18.3. The van der Waals surface area contributed by atoms with E-state index in [1.807, 2.05) is 134 Å². The van der Waals surface area contributed by atoms with Crippen LogP contribution in [-0.4, -0.2) is 19.6 Å². The van der Waals surface area contributed by atoms with E-state index in [1.165, 1.54) is 0 Å². The van der Waals surface area contributed by atoms with Crippen LogP contribution in [-0.2, 0) is 21.1 Å². The fourth-order valence-electron chi connectivity index (χ4n) is 9.02. The maximum Gasteiger partial charge on any atom is 0.148 e. The Balaban J connectivity index is 0.00000747. The molecule has 0 aliphatic carbocycles. The number of aryl methyl sites for hydroxylation is 2. The third kappa shape index (κ3) is 9.22. The van der Waals surface area contributed by atoms with Crippen molar-refractivity contribution in [1.29, 1.82) is 0 Å². The van der Waals surface area contributed by atoms with Crippen molar-refractivity contribution in [3.05, 3.63) is 191 Å². The normalized spacial score (nSPS) is 14.1. The number of fused-ring (bicyclic) bond motifs is 1. The minimum Gasteiger partial charge on any atom is -0.507 e. The summed E-state index contributed by atoms with van der Waals surface area (Å²) in [5, 5.41) is 12.4. The molecule has 9 rings (SSSR count). The van der Waals surface area contributed by atoms with Gasteiger partial charge in [-0.2, -0.15) is 0 Å². The predicted octanol–water partition coefficient (Wildman–Crippen LogP) is 17.0. The van der Waals surface area contributed by atoms with Crippen molar-refractivity contribution in [3.8, 4) is 78.6 Å². The Labute approximate surface area is 423 Å². The Morgan fingerprint density at radius 1 is 0.582 bits per heavy atom. The van der Waals surface area contributed by atoms with Gasteiger partial charge in [-0.25, -0.2) is 4.98 Å². The Morgan fingerprint density at radius 2 is 1.27 bits per heavy atom. The fraction of sp³-hybridized carbons (Fsp3) is 0.226. The zero-order chi connectivity index (χ0) is 53.2. The summed E-state index contributed by atoms with van der Waals surface area (Å²) in [5.74, 6) is -1.70. The number of hydrogen-bond acceptors (Lipinski definition) is 3. The number of imidazole rings is 1. The molecule has 0 amide bonds. The number of phenols is 1. The molecule has 0 saturated heterocycles. The quantitative estimate of drug-likeness (QED) is 0.131. The summed E-state index contributed by atoms with van der Waals surface area (Å²) >= 11 is 0. The Bertz CT molecular complexity index is 3530. The number of phenolic OH excluding ortho intramolecular Hbond substituents is 1. The van der Waals surface area contributed by atoms with E-state index in [-0.39, 0.29) is 49.8 Å². The summed E-state index contributed by atoms with van der Waals surface area (Å²) in [4.78, 5) is 10.3. The van der Waals surface area contributed by atoms with Crippen LogP contribution in [0.2, 0.25) is 0 Å². The molecule has 2 heterocycles. The first-order valence-corrected chi connectivity index (χ1v) is 22.7. The molecular formula is C62H60N3OPt-. The van der Waals surface area contributed by atoms with Crippen LogP contribution in [0.1, 0.15) is 123 Å². The van der Waals surface area contributed by atoms with E-state index < -0.39 is 25.5 Å². The van der Waals surface area contributed by atoms with Gasteiger partial charge in [0.25, 0.3) is 0 Å². The number of nitrogens with zero attached hydrogens (tertiary/aromatic N) is 3. The van der Waals surface area contributed by atoms with Gasteiger partial charge in [-0.05, 0) is 123 Å². The number of aromatic nitrogens is 3. The summed E-state index contributed by atoms with van der Waals surface area (Å²) in [6, 6.07) is 49.3. The van der Waals surface area contributed by atoms with E-state index in [0.717, 1.165) is 33.4 Å². The SMILES string of the molecule is [2H]C([2H])([2H])c1ccc(-c2ccnc(-c3[c-]c(-c4cccc5c4nc(-c4cc(C(C)C)cc(C(C)C)c4O)n5-c4ccc(-c5c(C([2H])(C)C)cccc5C([2H])(C)C)cc4C([2H])([2H])[2H])cc(-c4ccccc4)c3)c2)cc1.[Pt].